The molecule has 0 spiro atoms. The van der Waals surface area contributed by atoms with E-state index in [4.69, 9.17) is 0 Å². The van der Waals surface area contributed by atoms with Gasteiger partial charge in [-0.05, 0) is 48.7 Å². The Morgan fingerprint density at radius 2 is 1.92 bits per heavy atom. The lowest BCUT2D eigenvalue weighted by atomic mass is 10.2. The summed E-state index contributed by atoms with van der Waals surface area (Å²) in [4.78, 5) is 25.1. The smallest absolute Gasteiger partial charge is 0.255 e. The van der Waals surface area contributed by atoms with Crippen LogP contribution in [0.5, 0.6) is 0 Å². The lowest BCUT2D eigenvalue weighted by Crippen LogP contribution is -2.12. The molecule has 0 unspecified atom stereocenters. The summed E-state index contributed by atoms with van der Waals surface area (Å²) >= 11 is 0. The number of benzene rings is 1. The minimum atomic E-state index is -0.151. The number of aromatic nitrogens is 3. The average Bonchev–Trinajstić information content (AvgIpc) is 3.53. The van der Waals surface area contributed by atoms with Crippen LogP contribution in [0.1, 0.15) is 40.5 Å². The Morgan fingerprint density at radius 1 is 1.08 bits per heavy atom. The van der Waals surface area contributed by atoms with Crippen LogP contribution in [0.3, 0.4) is 0 Å². The molecule has 0 radical (unpaired) electrons. The number of carbonyl (C=O) groups excluding carboxylic acids is 1. The zero-order valence-electron chi connectivity index (χ0n) is 14.2. The second kappa shape index (κ2) is 7.31. The van der Waals surface area contributed by atoms with Crippen molar-refractivity contribution in [3.8, 4) is 0 Å². The van der Waals surface area contributed by atoms with Gasteiger partial charge in [-0.1, -0.05) is 12.1 Å². The third-order valence-corrected chi connectivity index (χ3v) is 4.22. The highest BCUT2D eigenvalue weighted by Crippen LogP contribution is 2.38. The van der Waals surface area contributed by atoms with E-state index in [1.165, 1.54) is 12.8 Å². The molecule has 1 aliphatic rings. The van der Waals surface area contributed by atoms with E-state index in [1.807, 2.05) is 30.3 Å². The van der Waals surface area contributed by atoms with E-state index in [1.54, 1.807) is 30.7 Å². The SMILES string of the molecule is O=C(Nc1cccc(CNc2ccnc(C3CC3)n2)c1)c1ccncc1. The fourth-order valence-electron chi connectivity index (χ4n) is 2.67. The van der Waals surface area contributed by atoms with Gasteiger partial charge in [0.25, 0.3) is 5.91 Å². The number of amides is 1. The molecule has 6 nitrogen and oxygen atoms in total. The van der Waals surface area contributed by atoms with Crippen molar-refractivity contribution in [3.63, 3.8) is 0 Å². The second-order valence-corrected chi connectivity index (χ2v) is 6.32. The van der Waals surface area contributed by atoms with Crippen molar-refractivity contribution in [2.75, 3.05) is 10.6 Å². The van der Waals surface area contributed by atoms with Crippen molar-refractivity contribution in [1.29, 1.82) is 0 Å². The molecule has 26 heavy (non-hydrogen) atoms. The summed E-state index contributed by atoms with van der Waals surface area (Å²) in [6.07, 6.45) is 7.37. The van der Waals surface area contributed by atoms with Gasteiger partial charge < -0.3 is 10.6 Å². The van der Waals surface area contributed by atoms with Crippen LogP contribution in [0.15, 0.2) is 61.1 Å². The third kappa shape index (κ3) is 4.03. The number of pyridine rings is 1. The molecule has 4 rings (SSSR count). The maximum absolute atomic E-state index is 12.2. The maximum atomic E-state index is 12.2. The van der Waals surface area contributed by atoms with Crippen LogP contribution in [-0.2, 0) is 6.54 Å². The molecule has 1 amide bonds. The summed E-state index contributed by atoms with van der Waals surface area (Å²) in [5.74, 6) is 2.13. The molecule has 0 aliphatic heterocycles. The Morgan fingerprint density at radius 3 is 2.73 bits per heavy atom. The number of rotatable bonds is 6. The highest BCUT2D eigenvalue weighted by atomic mass is 16.1. The second-order valence-electron chi connectivity index (χ2n) is 6.32. The number of nitrogens with one attached hydrogen (secondary N) is 2. The van der Waals surface area contributed by atoms with Crippen molar-refractivity contribution in [2.24, 2.45) is 0 Å². The van der Waals surface area contributed by atoms with Gasteiger partial charge in [-0.2, -0.15) is 0 Å². The largest absolute Gasteiger partial charge is 0.366 e. The monoisotopic (exact) mass is 345 g/mol. The fraction of sp³-hybridized carbons (Fsp3) is 0.200. The quantitative estimate of drug-likeness (QED) is 0.713. The number of nitrogens with zero attached hydrogens (tertiary/aromatic N) is 3. The summed E-state index contributed by atoms with van der Waals surface area (Å²) in [6, 6.07) is 13.0. The lowest BCUT2D eigenvalue weighted by molar-refractivity contribution is 0.102. The van der Waals surface area contributed by atoms with Crippen LogP contribution in [0.2, 0.25) is 0 Å². The molecule has 130 valence electrons. The molecule has 2 aromatic heterocycles. The van der Waals surface area contributed by atoms with Crippen LogP contribution in [-0.4, -0.2) is 20.9 Å². The van der Waals surface area contributed by atoms with Gasteiger partial charge in [-0.15, -0.1) is 0 Å². The molecule has 2 N–H and O–H groups in total. The van der Waals surface area contributed by atoms with Gasteiger partial charge in [0, 0.05) is 42.3 Å². The first-order valence-corrected chi connectivity index (χ1v) is 8.65. The van der Waals surface area contributed by atoms with Crippen molar-refractivity contribution < 1.29 is 4.79 Å². The molecule has 1 aliphatic carbocycles. The molecule has 2 heterocycles. The Labute approximate surface area is 151 Å². The fourth-order valence-corrected chi connectivity index (χ4v) is 2.67. The van der Waals surface area contributed by atoms with Crippen molar-refractivity contribution in [2.45, 2.75) is 25.3 Å². The van der Waals surface area contributed by atoms with Gasteiger partial charge in [-0.25, -0.2) is 9.97 Å². The number of hydrogen-bond acceptors (Lipinski definition) is 5. The Balaban J connectivity index is 1.39. The molecule has 1 aromatic carbocycles. The first kappa shape index (κ1) is 16.2. The van der Waals surface area contributed by atoms with Crippen molar-refractivity contribution in [1.82, 2.24) is 15.0 Å². The van der Waals surface area contributed by atoms with Crippen LogP contribution in [0, 0.1) is 0 Å². The maximum Gasteiger partial charge on any atom is 0.255 e. The van der Waals surface area contributed by atoms with Crippen LogP contribution in [0.4, 0.5) is 11.5 Å². The highest BCUT2D eigenvalue weighted by Gasteiger charge is 2.26. The topological polar surface area (TPSA) is 79.8 Å². The highest BCUT2D eigenvalue weighted by molar-refractivity contribution is 6.04. The van der Waals surface area contributed by atoms with E-state index in [2.05, 4.69) is 25.6 Å². The normalized spacial score (nSPS) is 13.2. The van der Waals surface area contributed by atoms with Gasteiger partial charge in [0.05, 0.1) is 0 Å². The molecule has 1 fully saturated rings. The minimum Gasteiger partial charge on any atom is -0.366 e. The van der Waals surface area contributed by atoms with Gasteiger partial charge in [0.1, 0.15) is 11.6 Å². The van der Waals surface area contributed by atoms with E-state index in [-0.39, 0.29) is 5.91 Å². The summed E-state index contributed by atoms with van der Waals surface area (Å²) in [5, 5.41) is 6.23. The first-order valence-electron chi connectivity index (χ1n) is 8.65. The molecular formula is C20H19N5O. The Hall–Kier alpha value is -3.28. The van der Waals surface area contributed by atoms with Crippen LogP contribution in [0.25, 0.3) is 0 Å². The molecule has 3 aromatic rings. The van der Waals surface area contributed by atoms with Crippen LogP contribution >= 0.6 is 0 Å². The summed E-state index contributed by atoms with van der Waals surface area (Å²) < 4.78 is 0. The zero-order chi connectivity index (χ0) is 17.8. The summed E-state index contributed by atoms with van der Waals surface area (Å²) in [5.41, 5.74) is 2.40. The van der Waals surface area contributed by atoms with Gasteiger partial charge in [0.2, 0.25) is 0 Å². The number of carbonyl (C=O) groups is 1. The molecule has 6 heteroatoms. The predicted octanol–water partition coefficient (Wildman–Crippen LogP) is 3.61. The van der Waals surface area contributed by atoms with E-state index in [0.717, 1.165) is 22.9 Å². The third-order valence-electron chi connectivity index (χ3n) is 4.22. The first-order chi connectivity index (χ1) is 12.8. The van der Waals surface area contributed by atoms with E-state index in [9.17, 15) is 4.79 Å². The number of hydrogen-bond donors (Lipinski definition) is 2. The molecule has 0 saturated heterocycles. The van der Waals surface area contributed by atoms with Crippen molar-refractivity contribution >= 4 is 17.4 Å². The Kier molecular flexibility index (Phi) is 4.55. The van der Waals surface area contributed by atoms with Gasteiger partial charge >= 0.3 is 0 Å². The van der Waals surface area contributed by atoms with Gasteiger partial charge in [-0.3, -0.25) is 9.78 Å². The molecule has 0 bridgehead atoms. The lowest BCUT2D eigenvalue weighted by Gasteiger charge is -2.09. The summed E-state index contributed by atoms with van der Waals surface area (Å²) in [6.45, 7) is 0.625. The van der Waals surface area contributed by atoms with E-state index < -0.39 is 0 Å². The van der Waals surface area contributed by atoms with Gasteiger partial charge in [0.15, 0.2) is 0 Å². The van der Waals surface area contributed by atoms with E-state index in [0.29, 0.717) is 18.0 Å². The zero-order valence-corrected chi connectivity index (χ0v) is 14.2. The predicted molar refractivity (Wildman–Crippen MR) is 100.0 cm³/mol. The molecule has 0 atom stereocenters. The van der Waals surface area contributed by atoms with Crippen LogP contribution < -0.4 is 10.6 Å². The minimum absolute atomic E-state index is 0.151. The average molecular weight is 345 g/mol. The Bertz CT molecular complexity index is 909. The van der Waals surface area contributed by atoms with E-state index >= 15 is 0 Å². The summed E-state index contributed by atoms with van der Waals surface area (Å²) in [7, 11) is 0. The van der Waals surface area contributed by atoms with Crippen molar-refractivity contribution in [3.05, 3.63) is 78.0 Å². The molecular weight excluding hydrogens is 326 g/mol. The molecule has 1 saturated carbocycles. The number of anilines is 2. The standard InChI is InChI=1S/C20H19N5O/c26-20(16-6-9-21-10-7-16)24-17-3-1-2-14(12-17)13-23-18-8-11-22-19(25-18)15-4-5-15/h1-3,6-12,15H,4-5,13H2,(H,24,26)(H,22,23,25).